The van der Waals surface area contributed by atoms with E-state index in [4.69, 9.17) is 14.7 Å². The van der Waals surface area contributed by atoms with Gasteiger partial charge >= 0.3 is 0 Å². The maximum Gasteiger partial charge on any atom is 0.163 e. The van der Waals surface area contributed by atoms with Crippen molar-refractivity contribution in [3.05, 3.63) is 18.0 Å². The highest BCUT2D eigenvalue weighted by Crippen LogP contribution is 2.33. The highest BCUT2D eigenvalue weighted by Gasteiger charge is 2.16. The number of benzene rings is 1. The quantitative estimate of drug-likeness (QED) is 0.840. The molecule has 1 aromatic heterocycles. The molecule has 0 saturated heterocycles. The van der Waals surface area contributed by atoms with Crippen LogP contribution in [0.25, 0.3) is 11.0 Å². The van der Waals surface area contributed by atoms with Crippen LogP contribution in [0.5, 0.6) is 11.5 Å². The number of aromatic nitrogens is 2. The van der Waals surface area contributed by atoms with E-state index < -0.39 is 0 Å². The number of imidazole rings is 1. The van der Waals surface area contributed by atoms with Crippen molar-refractivity contribution in [2.75, 3.05) is 14.2 Å². The van der Waals surface area contributed by atoms with Crippen molar-refractivity contribution in [2.45, 2.75) is 32.7 Å². The van der Waals surface area contributed by atoms with E-state index in [2.05, 4.69) is 29.5 Å². The molecule has 0 aliphatic heterocycles. The SMILES string of the molecule is COc1cc2nc(C(C)C)n(CCC#N)c2cc1OC. The van der Waals surface area contributed by atoms with Crippen LogP contribution in [0, 0.1) is 11.3 Å². The average molecular weight is 273 g/mol. The molecule has 2 aromatic rings. The summed E-state index contributed by atoms with van der Waals surface area (Å²) in [5.74, 6) is 2.61. The van der Waals surface area contributed by atoms with Crippen LogP contribution in [-0.4, -0.2) is 23.8 Å². The smallest absolute Gasteiger partial charge is 0.163 e. The molecule has 0 fully saturated rings. The summed E-state index contributed by atoms with van der Waals surface area (Å²) < 4.78 is 12.7. The molecule has 5 heteroatoms. The minimum absolute atomic E-state index is 0.290. The highest BCUT2D eigenvalue weighted by molar-refractivity contribution is 5.80. The Balaban J connectivity index is 2.66. The van der Waals surface area contributed by atoms with Crippen molar-refractivity contribution in [1.29, 1.82) is 5.26 Å². The van der Waals surface area contributed by atoms with Crippen molar-refractivity contribution in [2.24, 2.45) is 0 Å². The van der Waals surface area contributed by atoms with Crippen LogP contribution in [0.15, 0.2) is 12.1 Å². The monoisotopic (exact) mass is 273 g/mol. The summed E-state index contributed by atoms with van der Waals surface area (Å²) in [6, 6.07) is 5.98. The van der Waals surface area contributed by atoms with Gasteiger partial charge in [-0.25, -0.2) is 4.98 Å². The van der Waals surface area contributed by atoms with Crippen molar-refractivity contribution in [3.8, 4) is 17.6 Å². The molecule has 2 rings (SSSR count). The third-order valence-corrected chi connectivity index (χ3v) is 3.25. The molecule has 5 nitrogen and oxygen atoms in total. The molecule has 0 bridgehead atoms. The number of nitrogens with zero attached hydrogens (tertiary/aromatic N) is 3. The molecule has 0 radical (unpaired) electrons. The van der Waals surface area contributed by atoms with Gasteiger partial charge in [-0.15, -0.1) is 0 Å². The predicted molar refractivity (Wildman–Crippen MR) is 77.2 cm³/mol. The van der Waals surface area contributed by atoms with Crippen LogP contribution in [-0.2, 0) is 6.54 Å². The Bertz CT molecular complexity index is 653. The molecule has 106 valence electrons. The van der Waals surface area contributed by atoms with E-state index in [0.29, 0.717) is 24.5 Å². The third kappa shape index (κ3) is 2.42. The van der Waals surface area contributed by atoms with E-state index >= 15 is 0 Å². The van der Waals surface area contributed by atoms with Crippen LogP contribution in [0.2, 0.25) is 0 Å². The standard InChI is InChI=1S/C15H19N3O2/c1-10(2)15-17-11-8-13(19-3)14(20-4)9-12(11)18(15)7-5-6-16/h8-10H,5,7H2,1-4H3. The van der Waals surface area contributed by atoms with Crippen molar-refractivity contribution in [1.82, 2.24) is 9.55 Å². The molecule has 0 aliphatic rings. The van der Waals surface area contributed by atoms with E-state index in [9.17, 15) is 0 Å². The van der Waals surface area contributed by atoms with Gasteiger partial charge in [-0.1, -0.05) is 13.8 Å². The van der Waals surface area contributed by atoms with E-state index in [0.717, 1.165) is 16.9 Å². The number of aryl methyl sites for hydroxylation is 1. The Morgan fingerprint density at radius 1 is 1.25 bits per heavy atom. The van der Waals surface area contributed by atoms with Crippen molar-refractivity contribution < 1.29 is 9.47 Å². The zero-order chi connectivity index (χ0) is 14.7. The number of hydrogen-bond donors (Lipinski definition) is 0. The second kappa shape index (κ2) is 5.83. The first-order valence-electron chi connectivity index (χ1n) is 6.61. The first-order chi connectivity index (χ1) is 9.62. The topological polar surface area (TPSA) is 60.1 Å². The Morgan fingerprint density at radius 3 is 2.45 bits per heavy atom. The van der Waals surface area contributed by atoms with Gasteiger partial charge in [0.25, 0.3) is 0 Å². The lowest BCUT2D eigenvalue weighted by Gasteiger charge is -2.11. The molecule has 0 amide bonds. The number of rotatable bonds is 5. The Morgan fingerprint density at radius 2 is 1.90 bits per heavy atom. The lowest BCUT2D eigenvalue weighted by atomic mass is 10.2. The summed E-state index contributed by atoms with van der Waals surface area (Å²) in [4.78, 5) is 4.67. The molecular weight excluding hydrogens is 254 g/mol. The van der Waals surface area contributed by atoms with Crippen LogP contribution in [0.1, 0.15) is 32.0 Å². The van der Waals surface area contributed by atoms with Crippen LogP contribution >= 0.6 is 0 Å². The summed E-state index contributed by atoms with van der Waals surface area (Å²) in [6.07, 6.45) is 0.458. The molecule has 0 N–H and O–H groups in total. The number of methoxy groups -OCH3 is 2. The molecule has 0 unspecified atom stereocenters. The van der Waals surface area contributed by atoms with Crippen LogP contribution in [0.4, 0.5) is 0 Å². The molecule has 20 heavy (non-hydrogen) atoms. The van der Waals surface area contributed by atoms with Gasteiger partial charge in [0.2, 0.25) is 0 Å². The first kappa shape index (κ1) is 14.2. The summed E-state index contributed by atoms with van der Waals surface area (Å²) in [5.41, 5.74) is 1.84. The minimum Gasteiger partial charge on any atom is -0.493 e. The van der Waals surface area contributed by atoms with Gasteiger partial charge in [-0.2, -0.15) is 5.26 Å². The molecule has 0 saturated carbocycles. The second-order valence-corrected chi connectivity index (χ2v) is 4.88. The van der Waals surface area contributed by atoms with Gasteiger partial charge in [-0.3, -0.25) is 0 Å². The van der Waals surface area contributed by atoms with Crippen LogP contribution < -0.4 is 9.47 Å². The normalized spacial score (nSPS) is 10.8. The molecule has 0 aliphatic carbocycles. The lowest BCUT2D eigenvalue weighted by Crippen LogP contribution is -2.05. The first-order valence-corrected chi connectivity index (χ1v) is 6.61. The fourth-order valence-electron chi connectivity index (χ4n) is 2.31. The van der Waals surface area contributed by atoms with E-state index in [1.165, 1.54) is 0 Å². The maximum absolute atomic E-state index is 8.82. The maximum atomic E-state index is 8.82. The van der Waals surface area contributed by atoms with Crippen LogP contribution in [0.3, 0.4) is 0 Å². The summed E-state index contributed by atoms with van der Waals surface area (Å²) in [6.45, 7) is 4.83. The number of fused-ring (bicyclic) bond motifs is 1. The highest BCUT2D eigenvalue weighted by atomic mass is 16.5. The summed E-state index contributed by atoms with van der Waals surface area (Å²) >= 11 is 0. The van der Waals surface area contributed by atoms with Gasteiger partial charge in [0.1, 0.15) is 5.82 Å². The van der Waals surface area contributed by atoms with Gasteiger partial charge in [0, 0.05) is 24.6 Å². The number of ether oxygens (including phenoxy) is 2. The Labute approximate surface area is 118 Å². The van der Waals surface area contributed by atoms with E-state index in [-0.39, 0.29) is 5.92 Å². The second-order valence-electron chi connectivity index (χ2n) is 4.88. The van der Waals surface area contributed by atoms with Gasteiger partial charge in [0.15, 0.2) is 11.5 Å². The molecule has 1 aromatic carbocycles. The molecule has 0 atom stereocenters. The fraction of sp³-hybridized carbons (Fsp3) is 0.467. The van der Waals surface area contributed by atoms with Gasteiger partial charge in [-0.05, 0) is 0 Å². The minimum atomic E-state index is 0.290. The largest absolute Gasteiger partial charge is 0.493 e. The van der Waals surface area contributed by atoms with E-state index in [1.807, 2.05) is 12.1 Å². The Kier molecular flexibility index (Phi) is 4.14. The lowest BCUT2D eigenvalue weighted by molar-refractivity contribution is 0.355. The zero-order valence-electron chi connectivity index (χ0n) is 12.3. The fourth-order valence-corrected chi connectivity index (χ4v) is 2.31. The van der Waals surface area contributed by atoms with Gasteiger partial charge < -0.3 is 14.0 Å². The van der Waals surface area contributed by atoms with E-state index in [1.54, 1.807) is 14.2 Å². The number of hydrogen-bond acceptors (Lipinski definition) is 4. The summed E-state index contributed by atoms with van der Waals surface area (Å²) in [5, 5.41) is 8.82. The average Bonchev–Trinajstić information content (AvgIpc) is 2.81. The third-order valence-electron chi connectivity index (χ3n) is 3.25. The predicted octanol–water partition coefficient (Wildman–Crippen LogP) is 3.09. The van der Waals surface area contributed by atoms with Crippen molar-refractivity contribution >= 4 is 11.0 Å². The molecular formula is C15H19N3O2. The molecule has 0 spiro atoms. The van der Waals surface area contributed by atoms with Crippen molar-refractivity contribution in [3.63, 3.8) is 0 Å². The molecule has 1 heterocycles. The zero-order valence-corrected chi connectivity index (χ0v) is 12.3. The van der Waals surface area contributed by atoms with Gasteiger partial charge in [0.05, 0.1) is 37.7 Å². The Hall–Kier alpha value is -2.22. The summed E-state index contributed by atoms with van der Waals surface area (Å²) in [7, 11) is 3.22. The number of nitriles is 1.